The van der Waals surface area contributed by atoms with Crippen molar-refractivity contribution in [2.24, 2.45) is 17.3 Å². The first kappa shape index (κ1) is 38.4. The van der Waals surface area contributed by atoms with Crippen molar-refractivity contribution in [3.63, 3.8) is 0 Å². The van der Waals surface area contributed by atoms with Gasteiger partial charge in [-0.25, -0.2) is 18.2 Å². The van der Waals surface area contributed by atoms with Crippen LogP contribution >= 0.6 is 0 Å². The molecule has 15 heteroatoms. The number of sulfonamides is 1. The number of ether oxygens (including phenoxy) is 3. The number of nitrogens with one attached hydrogen (secondary N) is 3. The Morgan fingerprint density at radius 3 is 2.49 bits per heavy atom. The van der Waals surface area contributed by atoms with E-state index in [0.717, 1.165) is 10.9 Å². The van der Waals surface area contributed by atoms with Crippen LogP contribution in [0.15, 0.2) is 54.6 Å². The number of rotatable bonds is 6. The number of benzene rings is 2. The Kier molecular flexibility index (Phi) is 10.2. The Hall–Kier alpha value is -4.92. The van der Waals surface area contributed by atoms with Crippen molar-refractivity contribution in [1.82, 2.24) is 25.2 Å². The zero-order valence-electron chi connectivity index (χ0n) is 31.8. The summed E-state index contributed by atoms with van der Waals surface area (Å²) in [6, 6.07) is 14.9. The Labute approximate surface area is 321 Å². The van der Waals surface area contributed by atoms with Gasteiger partial charge in [0, 0.05) is 23.3 Å². The molecule has 4 amide bonds. The molecule has 14 nitrogen and oxygen atoms in total. The van der Waals surface area contributed by atoms with E-state index in [9.17, 15) is 27.6 Å². The molecular formula is C40H49N5O9S. The molecule has 3 aromatic rings. The van der Waals surface area contributed by atoms with Crippen molar-refractivity contribution in [2.75, 3.05) is 19.8 Å². The van der Waals surface area contributed by atoms with E-state index in [1.54, 1.807) is 20.8 Å². The number of pyridine rings is 1. The maximum Gasteiger partial charge on any atom is 0.407 e. The fourth-order valence-corrected chi connectivity index (χ4v) is 8.82. The van der Waals surface area contributed by atoms with E-state index >= 15 is 0 Å². The molecule has 3 heterocycles. The van der Waals surface area contributed by atoms with Gasteiger partial charge >= 0.3 is 6.09 Å². The number of nitrogens with zero attached hydrogens (tertiary/aromatic N) is 2. The first-order valence-corrected chi connectivity index (χ1v) is 20.5. The normalized spacial score (nSPS) is 27.3. The summed E-state index contributed by atoms with van der Waals surface area (Å²) >= 11 is 0. The van der Waals surface area contributed by atoms with Crippen LogP contribution in [0.25, 0.3) is 22.0 Å². The average Bonchev–Trinajstić information content (AvgIpc) is 4.07. The van der Waals surface area contributed by atoms with Crippen molar-refractivity contribution in [3.8, 4) is 22.8 Å². The number of hydrogen-bond donors (Lipinski definition) is 3. The molecule has 7 rings (SSSR count). The minimum atomic E-state index is -3.88. The SMILES string of the molecule is CC[C@@H]1CC1(NC(=O)[C@@H]1CC2CN1C(=O)[C@H](C(C)(C)C)NC(=O)OC[C@@H](C)COc1cccc(c1)-c1cc3ccccc3nc1O2)C(=O)NS(=O)(=O)C1CC1. The number of para-hydroxylation sites is 1. The summed E-state index contributed by atoms with van der Waals surface area (Å²) in [5.74, 6) is -1.52. The van der Waals surface area contributed by atoms with Crippen molar-refractivity contribution in [2.45, 2.75) is 95.7 Å². The summed E-state index contributed by atoms with van der Waals surface area (Å²) in [5, 5.41) is 5.89. The van der Waals surface area contributed by atoms with Crippen molar-refractivity contribution in [1.29, 1.82) is 0 Å². The average molecular weight is 776 g/mol. The highest BCUT2D eigenvalue weighted by Crippen LogP contribution is 2.47. The third-order valence-corrected chi connectivity index (χ3v) is 12.7. The zero-order valence-corrected chi connectivity index (χ0v) is 32.6. The van der Waals surface area contributed by atoms with E-state index in [1.165, 1.54) is 4.90 Å². The van der Waals surface area contributed by atoms with Gasteiger partial charge in [-0.3, -0.25) is 19.1 Å². The van der Waals surface area contributed by atoms with Crippen LogP contribution in [0, 0.1) is 17.3 Å². The summed E-state index contributed by atoms with van der Waals surface area (Å²) < 4.78 is 46.1. The number of carbonyl (C=O) groups excluding carboxylic acids is 4. The van der Waals surface area contributed by atoms with Crippen LogP contribution in [0.1, 0.15) is 66.7 Å². The predicted molar refractivity (Wildman–Crippen MR) is 203 cm³/mol. The second-order valence-corrected chi connectivity index (χ2v) is 18.4. The molecule has 3 fully saturated rings. The van der Waals surface area contributed by atoms with Gasteiger partial charge in [-0.05, 0) is 60.4 Å². The van der Waals surface area contributed by atoms with Crippen LogP contribution in [0.2, 0.25) is 0 Å². The Morgan fingerprint density at radius 1 is 1.04 bits per heavy atom. The van der Waals surface area contributed by atoms with Gasteiger partial charge in [-0.2, -0.15) is 0 Å². The van der Waals surface area contributed by atoms with E-state index in [2.05, 4.69) is 15.4 Å². The third kappa shape index (κ3) is 8.07. The molecule has 1 saturated heterocycles. The topological polar surface area (TPSA) is 182 Å². The standard InChI is InChI=1S/C40H49N5O9S/c1-6-26-19-40(26,37(48)44-55(50,51)29-14-15-29)43-34(46)32-18-28-20-45(32)36(47)33(39(3,4)5)42-38(49)53-22-23(2)21-52-27-12-9-11-24(16-27)30-17-25-10-7-8-13-31(25)41-35(30)54-28/h7-13,16-17,23,26,28-29,32-33H,6,14-15,18-22H2,1-5H3,(H,42,49)(H,43,46)(H,44,48)/t23-,26+,28?,32-,33+,40?/m0/s1. The molecule has 2 aromatic carbocycles. The van der Waals surface area contributed by atoms with Gasteiger partial charge < -0.3 is 29.7 Å². The minimum absolute atomic E-state index is 0.0270. The summed E-state index contributed by atoms with van der Waals surface area (Å²) in [5.41, 5.74) is -0.117. The van der Waals surface area contributed by atoms with Gasteiger partial charge in [-0.15, -0.1) is 0 Å². The monoisotopic (exact) mass is 775 g/mol. The molecule has 4 aliphatic rings. The van der Waals surface area contributed by atoms with Crippen LogP contribution in [-0.2, 0) is 29.1 Å². The van der Waals surface area contributed by atoms with E-state index < -0.39 is 68.2 Å². The molecule has 2 aliphatic heterocycles. The lowest BCUT2D eigenvalue weighted by Crippen LogP contribution is -2.60. The van der Waals surface area contributed by atoms with Crippen LogP contribution in [0.4, 0.5) is 4.79 Å². The number of aromatic nitrogens is 1. The summed E-state index contributed by atoms with van der Waals surface area (Å²) in [6.07, 6.45) is 0.228. The molecule has 294 valence electrons. The lowest BCUT2D eigenvalue weighted by molar-refractivity contribution is -0.143. The predicted octanol–water partition coefficient (Wildman–Crippen LogP) is 4.31. The van der Waals surface area contributed by atoms with Crippen LogP contribution in [-0.4, -0.2) is 90.9 Å². The minimum Gasteiger partial charge on any atom is -0.493 e. The highest BCUT2D eigenvalue weighted by molar-refractivity contribution is 7.91. The third-order valence-electron chi connectivity index (χ3n) is 10.9. The van der Waals surface area contributed by atoms with Crippen LogP contribution < -0.4 is 24.8 Å². The highest BCUT2D eigenvalue weighted by Gasteiger charge is 2.62. The fourth-order valence-electron chi connectivity index (χ4n) is 7.46. The van der Waals surface area contributed by atoms with E-state index in [-0.39, 0.29) is 44.4 Å². The summed E-state index contributed by atoms with van der Waals surface area (Å²) in [7, 11) is -3.88. The van der Waals surface area contributed by atoms with Crippen molar-refractivity contribution < 1.29 is 41.8 Å². The van der Waals surface area contributed by atoms with Gasteiger partial charge in [0.05, 0.1) is 30.5 Å². The second kappa shape index (κ2) is 14.6. The number of fused-ring (bicyclic) bond motifs is 7. The quantitative estimate of drug-likeness (QED) is 0.326. The van der Waals surface area contributed by atoms with Crippen molar-refractivity contribution in [3.05, 3.63) is 54.6 Å². The van der Waals surface area contributed by atoms with E-state index in [0.29, 0.717) is 42.0 Å². The first-order valence-electron chi connectivity index (χ1n) is 19.0. The van der Waals surface area contributed by atoms with Crippen LogP contribution in [0.5, 0.6) is 11.6 Å². The Morgan fingerprint density at radius 2 is 1.78 bits per heavy atom. The first-order chi connectivity index (χ1) is 26.1. The van der Waals surface area contributed by atoms with Gasteiger partial charge in [0.2, 0.25) is 27.7 Å². The smallest absolute Gasteiger partial charge is 0.407 e. The number of amides is 4. The molecule has 55 heavy (non-hydrogen) atoms. The largest absolute Gasteiger partial charge is 0.493 e. The lowest BCUT2D eigenvalue weighted by atomic mass is 9.85. The Bertz CT molecular complexity index is 2120. The molecule has 6 atom stereocenters. The van der Waals surface area contributed by atoms with Gasteiger partial charge in [0.1, 0.15) is 29.5 Å². The fraction of sp³-hybridized carbons (Fsp3) is 0.525. The molecule has 3 N–H and O–H groups in total. The lowest BCUT2D eigenvalue weighted by Gasteiger charge is -2.35. The van der Waals surface area contributed by atoms with Gasteiger partial charge in [0.15, 0.2) is 0 Å². The maximum absolute atomic E-state index is 14.6. The second-order valence-electron chi connectivity index (χ2n) is 16.4. The molecule has 0 radical (unpaired) electrons. The summed E-state index contributed by atoms with van der Waals surface area (Å²) in [6.45, 7) is 9.39. The molecular weight excluding hydrogens is 727 g/mol. The molecule has 1 aromatic heterocycles. The van der Waals surface area contributed by atoms with Crippen molar-refractivity contribution >= 4 is 44.7 Å². The molecule has 0 spiro atoms. The molecule has 4 bridgehead atoms. The van der Waals surface area contributed by atoms with Gasteiger partial charge in [0.25, 0.3) is 5.91 Å². The summed E-state index contributed by atoms with van der Waals surface area (Å²) in [4.78, 5) is 62.1. The highest BCUT2D eigenvalue weighted by atomic mass is 32.2. The van der Waals surface area contributed by atoms with E-state index in [1.807, 2.05) is 68.4 Å². The number of hydrogen-bond acceptors (Lipinski definition) is 10. The number of alkyl carbamates (subject to hydrolysis) is 1. The van der Waals surface area contributed by atoms with E-state index in [4.69, 9.17) is 19.2 Å². The molecule has 2 unspecified atom stereocenters. The van der Waals surface area contributed by atoms with Crippen LogP contribution in [0.3, 0.4) is 0 Å². The number of carbonyl (C=O) groups is 4. The number of cyclic esters (lactones) is 1. The maximum atomic E-state index is 14.6. The molecule has 2 saturated carbocycles. The Balaban J connectivity index is 1.26. The molecule has 2 aliphatic carbocycles. The van der Waals surface area contributed by atoms with Gasteiger partial charge in [-0.1, -0.05) is 71.4 Å². The zero-order chi connectivity index (χ0) is 39.3.